The van der Waals surface area contributed by atoms with Crippen molar-refractivity contribution in [3.05, 3.63) is 12.4 Å². The van der Waals surface area contributed by atoms with E-state index >= 15 is 0 Å². The zero-order valence-corrected chi connectivity index (χ0v) is 8.92. The number of methoxy groups -OCH3 is 1. The van der Waals surface area contributed by atoms with Gasteiger partial charge in [0.25, 0.3) is 0 Å². The lowest BCUT2D eigenvalue weighted by molar-refractivity contribution is 0.0170. The van der Waals surface area contributed by atoms with Crippen molar-refractivity contribution < 1.29 is 9.47 Å². The summed E-state index contributed by atoms with van der Waals surface area (Å²) in [6.07, 6.45) is 4.05. The molecule has 0 saturated carbocycles. The predicted molar refractivity (Wildman–Crippen MR) is 53.6 cm³/mol. The van der Waals surface area contributed by atoms with Crippen molar-refractivity contribution in [2.45, 2.75) is 0 Å². The molecule has 0 aromatic heterocycles. The molecule has 0 atom stereocenters. The minimum absolute atomic E-state index is 0. The van der Waals surface area contributed by atoms with Gasteiger partial charge in [-0.1, -0.05) is 0 Å². The Balaban J connectivity index is 0.00000144. The van der Waals surface area contributed by atoms with Crippen molar-refractivity contribution in [3.8, 4) is 0 Å². The van der Waals surface area contributed by atoms with E-state index in [9.17, 15) is 0 Å². The van der Waals surface area contributed by atoms with Crippen LogP contribution in [-0.2, 0) is 9.47 Å². The largest absolute Gasteiger partial charge is 0.382 e. The summed E-state index contributed by atoms with van der Waals surface area (Å²) in [5.41, 5.74) is 0. The van der Waals surface area contributed by atoms with E-state index in [1.54, 1.807) is 7.11 Å². The second-order valence-electron chi connectivity index (χ2n) is 2.82. The molecule has 0 saturated heterocycles. The summed E-state index contributed by atoms with van der Waals surface area (Å²) < 4.78 is 10.2. The van der Waals surface area contributed by atoms with Crippen LogP contribution < -0.4 is 0 Å². The topological polar surface area (TPSA) is 24.9 Å². The van der Waals surface area contributed by atoms with E-state index in [-0.39, 0.29) is 12.4 Å². The number of hydrogen-bond acceptors (Lipinski definition) is 4. The highest BCUT2D eigenvalue weighted by molar-refractivity contribution is 5.85. The van der Waals surface area contributed by atoms with Crippen molar-refractivity contribution in [1.82, 2.24) is 9.80 Å². The summed E-state index contributed by atoms with van der Waals surface area (Å²) in [5, 5.41) is 0. The van der Waals surface area contributed by atoms with Gasteiger partial charge in [0.05, 0.1) is 19.9 Å². The van der Waals surface area contributed by atoms with Gasteiger partial charge in [-0.2, -0.15) is 0 Å². The summed E-state index contributed by atoms with van der Waals surface area (Å²) in [7, 11) is 3.71. The molecule has 1 rings (SSSR count). The molecule has 5 heteroatoms. The highest BCUT2D eigenvalue weighted by Crippen LogP contribution is 2.02. The number of nitrogens with zero attached hydrogens (tertiary/aromatic N) is 2. The van der Waals surface area contributed by atoms with E-state index in [1.165, 1.54) is 0 Å². The third kappa shape index (κ3) is 4.98. The average Bonchev–Trinajstić information content (AvgIpc) is 2.45. The van der Waals surface area contributed by atoms with E-state index in [1.807, 2.05) is 19.4 Å². The lowest BCUT2D eigenvalue weighted by Crippen LogP contribution is -2.25. The monoisotopic (exact) mass is 208 g/mol. The van der Waals surface area contributed by atoms with Gasteiger partial charge in [-0.3, -0.25) is 0 Å². The maximum atomic E-state index is 5.33. The van der Waals surface area contributed by atoms with Crippen LogP contribution in [0.5, 0.6) is 0 Å². The maximum Gasteiger partial charge on any atom is 0.120 e. The molecule has 1 aliphatic rings. The third-order valence-corrected chi connectivity index (χ3v) is 1.63. The molecule has 1 aliphatic heterocycles. The molecule has 0 aliphatic carbocycles. The molecule has 0 aromatic carbocycles. The van der Waals surface area contributed by atoms with Gasteiger partial charge < -0.3 is 19.3 Å². The fourth-order valence-electron chi connectivity index (χ4n) is 0.997. The Hall–Kier alpha value is -0.450. The van der Waals surface area contributed by atoms with Crippen LogP contribution in [0.4, 0.5) is 0 Å². The average molecular weight is 209 g/mol. The van der Waals surface area contributed by atoms with E-state index in [0.717, 1.165) is 6.67 Å². The van der Waals surface area contributed by atoms with Crippen molar-refractivity contribution >= 4 is 12.4 Å². The second kappa shape index (κ2) is 7.00. The molecule has 4 nitrogen and oxygen atoms in total. The lowest BCUT2D eigenvalue weighted by Gasteiger charge is -2.17. The Morgan fingerprint density at radius 2 is 2.08 bits per heavy atom. The fraction of sp³-hybridized carbons (Fsp3) is 0.750. The van der Waals surface area contributed by atoms with Crippen LogP contribution in [0, 0.1) is 0 Å². The molecule has 13 heavy (non-hydrogen) atoms. The Bertz CT molecular complexity index is 155. The van der Waals surface area contributed by atoms with Gasteiger partial charge in [0.2, 0.25) is 0 Å². The van der Waals surface area contributed by atoms with E-state index in [0.29, 0.717) is 19.9 Å². The molecule has 0 spiro atoms. The smallest absolute Gasteiger partial charge is 0.120 e. The van der Waals surface area contributed by atoms with E-state index in [2.05, 4.69) is 9.80 Å². The summed E-state index contributed by atoms with van der Waals surface area (Å²) in [6, 6.07) is 0. The van der Waals surface area contributed by atoms with Crippen LogP contribution in [-0.4, -0.2) is 50.6 Å². The van der Waals surface area contributed by atoms with Gasteiger partial charge in [0, 0.05) is 26.6 Å². The van der Waals surface area contributed by atoms with Gasteiger partial charge in [-0.15, -0.1) is 12.4 Å². The highest BCUT2D eigenvalue weighted by atomic mass is 35.5. The Kier molecular flexibility index (Phi) is 6.76. The van der Waals surface area contributed by atoms with Gasteiger partial charge in [-0.25, -0.2) is 0 Å². The summed E-state index contributed by atoms with van der Waals surface area (Å²) in [5.74, 6) is 0. The van der Waals surface area contributed by atoms with Crippen LogP contribution in [0.25, 0.3) is 0 Å². The molecular weight excluding hydrogens is 192 g/mol. The quantitative estimate of drug-likeness (QED) is 0.622. The fourth-order valence-corrected chi connectivity index (χ4v) is 0.997. The second-order valence-corrected chi connectivity index (χ2v) is 2.82. The van der Waals surface area contributed by atoms with Crippen LogP contribution >= 0.6 is 12.4 Å². The first-order valence-corrected chi connectivity index (χ1v) is 4.02. The molecule has 0 fully saturated rings. The van der Waals surface area contributed by atoms with Gasteiger partial charge in [0.15, 0.2) is 0 Å². The molecule has 0 aromatic rings. The van der Waals surface area contributed by atoms with Crippen molar-refractivity contribution in [3.63, 3.8) is 0 Å². The normalized spacial score (nSPS) is 14.9. The predicted octanol–water partition coefficient (Wildman–Crippen LogP) is 0.705. The molecular formula is C8H17ClN2O2. The first-order valence-electron chi connectivity index (χ1n) is 4.02. The number of halogens is 1. The number of rotatable bonds is 5. The lowest BCUT2D eigenvalue weighted by atomic mass is 10.7. The molecule has 78 valence electrons. The first-order chi connectivity index (χ1) is 5.83. The minimum Gasteiger partial charge on any atom is -0.382 e. The minimum atomic E-state index is 0. The van der Waals surface area contributed by atoms with Crippen LogP contribution in [0.3, 0.4) is 0 Å². The summed E-state index contributed by atoms with van der Waals surface area (Å²) in [4.78, 5) is 4.19. The van der Waals surface area contributed by atoms with Crippen LogP contribution in [0.1, 0.15) is 0 Å². The van der Waals surface area contributed by atoms with Gasteiger partial charge >= 0.3 is 0 Å². The molecule has 1 heterocycles. The standard InChI is InChI=1S/C8H16N2O2.ClH/c1-9-3-4-10(7-9)8-12-6-5-11-2;/h3-4H,5-8H2,1-2H3;1H. The number of hydrogen-bond donors (Lipinski definition) is 0. The highest BCUT2D eigenvalue weighted by Gasteiger charge is 2.06. The molecule has 0 radical (unpaired) electrons. The Morgan fingerprint density at radius 3 is 2.62 bits per heavy atom. The van der Waals surface area contributed by atoms with E-state index < -0.39 is 0 Å². The first kappa shape index (κ1) is 12.6. The van der Waals surface area contributed by atoms with Crippen LogP contribution in [0.2, 0.25) is 0 Å². The summed E-state index contributed by atoms with van der Waals surface area (Å²) in [6.45, 7) is 2.87. The zero-order chi connectivity index (χ0) is 8.81. The van der Waals surface area contributed by atoms with Gasteiger partial charge in [-0.05, 0) is 0 Å². The van der Waals surface area contributed by atoms with Crippen molar-refractivity contribution in [2.75, 3.05) is 40.8 Å². The molecule has 0 N–H and O–H groups in total. The van der Waals surface area contributed by atoms with Crippen molar-refractivity contribution in [1.29, 1.82) is 0 Å². The molecule has 0 unspecified atom stereocenters. The molecule has 0 amide bonds. The maximum absolute atomic E-state index is 5.33. The van der Waals surface area contributed by atoms with Crippen LogP contribution in [0.15, 0.2) is 12.4 Å². The Morgan fingerprint density at radius 1 is 1.31 bits per heavy atom. The van der Waals surface area contributed by atoms with Gasteiger partial charge in [0.1, 0.15) is 6.73 Å². The Labute approximate surface area is 85.5 Å². The SMILES string of the molecule is COCCOCN1C=CN(C)C1.Cl. The van der Waals surface area contributed by atoms with Crippen molar-refractivity contribution in [2.24, 2.45) is 0 Å². The zero-order valence-electron chi connectivity index (χ0n) is 8.10. The molecule has 0 bridgehead atoms. The van der Waals surface area contributed by atoms with E-state index in [4.69, 9.17) is 9.47 Å². The summed E-state index contributed by atoms with van der Waals surface area (Å²) >= 11 is 0. The number of ether oxygens (including phenoxy) is 2. The third-order valence-electron chi connectivity index (χ3n) is 1.63.